The summed E-state index contributed by atoms with van der Waals surface area (Å²) in [6.07, 6.45) is 2.69. The number of ketones is 1. The van der Waals surface area contributed by atoms with Crippen LogP contribution in [0.1, 0.15) is 119 Å². The van der Waals surface area contributed by atoms with E-state index in [1.165, 1.54) is 5.57 Å². The Morgan fingerprint density at radius 2 is 1.16 bits per heavy atom. The fourth-order valence-corrected chi connectivity index (χ4v) is 13.6. The van der Waals surface area contributed by atoms with E-state index in [1.807, 2.05) is 27.7 Å². The van der Waals surface area contributed by atoms with Gasteiger partial charge in [0.05, 0.1) is 60.5 Å². The predicted octanol–water partition coefficient (Wildman–Crippen LogP) is 5.48. The maximum atomic E-state index is 13.1. The van der Waals surface area contributed by atoms with Crippen LogP contribution >= 0.6 is 0 Å². The van der Waals surface area contributed by atoms with Gasteiger partial charge >= 0.3 is 5.97 Å². The summed E-state index contributed by atoms with van der Waals surface area (Å²) in [6, 6.07) is 0. The fraction of sp³-hybridized carbons (Fsp3) is 0.885. The number of aliphatic hydroxyl groups is 2. The number of allylic oxidation sites excluding steroid dienone is 2. The minimum atomic E-state index is -1.06. The molecular formula is C52H82O17. The normalized spacial score (nSPS) is 48.2. The van der Waals surface area contributed by atoms with E-state index in [1.54, 1.807) is 55.3 Å². The molecule has 69 heavy (non-hydrogen) atoms. The Morgan fingerprint density at radius 3 is 1.65 bits per heavy atom. The third-order valence-corrected chi connectivity index (χ3v) is 17.4. The zero-order valence-electron chi connectivity index (χ0n) is 42.7. The van der Waals surface area contributed by atoms with Crippen LogP contribution in [0.5, 0.6) is 0 Å². The molecule has 0 aromatic rings. The number of methoxy groups -OCH3 is 4. The molecule has 17 heteroatoms. The molecule has 3 saturated carbocycles. The second-order valence-corrected chi connectivity index (χ2v) is 21.3. The number of ether oxygens (including phenoxy) is 13. The molecule has 8 aliphatic rings. The minimum Gasteiger partial charge on any atom is -0.459 e. The molecule has 4 saturated heterocycles. The number of esters is 1. The van der Waals surface area contributed by atoms with E-state index < -0.39 is 91.6 Å². The largest absolute Gasteiger partial charge is 0.459 e. The Balaban J connectivity index is 0.836. The molecule has 24 atom stereocenters. The lowest BCUT2D eigenvalue weighted by Gasteiger charge is -2.55. The van der Waals surface area contributed by atoms with Gasteiger partial charge in [0.15, 0.2) is 25.2 Å². The van der Waals surface area contributed by atoms with Crippen LogP contribution in [0.25, 0.3) is 0 Å². The number of aliphatic hydroxyl groups excluding tert-OH is 1. The molecule has 7 fully saturated rings. The first-order chi connectivity index (χ1) is 33.0. The molecule has 17 nitrogen and oxygen atoms in total. The number of hydrogen-bond acceptors (Lipinski definition) is 17. The van der Waals surface area contributed by atoms with Gasteiger partial charge in [-0.15, -0.1) is 0 Å². The number of hydrogen-bond donors (Lipinski definition) is 2. The van der Waals surface area contributed by atoms with E-state index in [-0.39, 0.29) is 65.9 Å². The molecular weight excluding hydrogens is 897 g/mol. The van der Waals surface area contributed by atoms with E-state index in [2.05, 4.69) is 6.08 Å². The highest BCUT2D eigenvalue weighted by Gasteiger charge is 2.64. The summed E-state index contributed by atoms with van der Waals surface area (Å²) >= 11 is 0. The number of Topliss-reactive ketones (excluding diaryl/α,β-unsaturated/α-hetero) is 1. The Hall–Kier alpha value is -1.94. The van der Waals surface area contributed by atoms with Crippen LogP contribution in [0.15, 0.2) is 23.3 Å². The summed E-state index contributed by atoms with van der Waals surface area (Å²) < 4.78 is 81.5. The van der Waals surface area contributed by atoms with Crippen LogP contribution in [0.4, 0.5) is 0 Å². The number of rotatable bonds is 15. The first-order valence-electron chi connectivity index (χ1n) is 25.8. The molecule has 24 unspecified atom stereocenters. The van der Waals surface area contributed by atoms with Gasteiger partial charge in [-0.3, -0.25) is 4.79 Å². The quantitative estimate of drug-likeness (QED) is 0.119. The molecule has 0 amide bonds. The van der Waals surface area contributed by atoms with Crippen molar-refractivity contribution in [2.75, 3.05) is 28.4 Å². The maximum absolute atomic E-state index is 13.1. The summed E-state index contributed by atoms with van der Waals surface area (Å²) in [5.74, 6) is -0.641. The van der Waals surface area contributed by atoms with Crippen molar-refractivity contribution in [2.45, 2.75) is 235 Å². The predicted molar refractivity (Wildman–Crippen MR) is 247 cm³/mol. The average Bonchev–Trinajstić information content (AvgIpc) is 3.70. The average molecular weight is 979 g/mol. The van der Waals surface area contributed by atoms with E-state index in [0.717, 1.165) is 25.7 Å². The smallest absolute Gasteiger partial charge is 0.333 e. The number of carbonyl (C=O) groups is 2. The standard InChI is InChI=1S/C52H82O17/c1-12-25(2)51(55)66-37-20-35-34-15-14-32(19-31(34)13-16-36(35)52(56)18-17-33(26(3)53)46(37)52)65-42-22-39(58-9)48(28(5)62-42)68-44-24-41(60-11)50(30(7)64-44)69-45-23-40(59-10)49(29(6)63-45)67-43-21-38(57-8)47(54)27(4)61-43/h12-13,27-30,32-50,54,56H,14-24H2,1-11H3. The van der Waals surface area contributed by atoms with Gasteiger partial charge in [-0.2, -0.15) is 0 Å². The highest BCUT2D eigenvalue weighted by atomic mass is 16.8. The lowest BCUT2D eigenvalue weighted by atomic mass is 9.53. The lowest BCUT2D eigenvalue weighted by molar-refractivity contribution is -0.347. The van der Waals surface area contributed by atoms with Gasteiger partial charge in [0.2, 0.25) is 0 Å². The molecule has 0 radical (unpaired) electrons. The van der Waals surface area contributed by atoms with Crippen molar-refractivity contribution in [2.24, 2.45) is 29.6 Å². The minimum absolute atomic E-state index is 0.00798. The molecule has 4 aliphatic heterocycles. The molecule has 0 bridgehead atoms. The van der Waals surface area contributed by atoms with Gasteiger partial charge < -0.3 is 71.8 Å². The highest BCUT2D eigenvalue weighted by molar-refractivity contribution is 5.88. The van der Waals surface area contributed by atoms with Crippen molar-refractivity contribution in [3.05, 3.63) is 23.3 Å². The van der Waals surface area contributed by atoms with Crippen LogP contribution in [0.2, 0.25) is 0 Å². The summed E-state index contributed by atoms with van der Waals surface area (Å²) in [6.45, 7) is 12.8. The number of fused-ring (bicyclic) bond motifs is 5. The zero-order chi connectivity index (χ0) is 49.5. The highest BCUT2D eigenvalue weighted by Crippen LogP contribution is 2.60. The Morgan fingerprint density at radius 1 is 0.667 bits per heavy atom. The van der Waals surface area contributed by atoms with E-state index >= 15 is 0 Å². The molecule has 4 heterocycles. The van der Waals surface area contributed by atoms with Gasteiger partial charge in [0.1, 0.15) is 36.3 Å². The zero-order valence-corrected chi connectivity index (χ0v) is 42.7. The van der Waals surface area contributed by atoms with Crippen molar-refractivity contribution < 1.29 is 81.4 Å². The van der Waals surface area contributed by atoms with Crippen LogP contribution in [0, 0.1) is 29.6 Å². The SMILES string of the molecule is CC=C(C)C(=O)OC1CC2C3CCC(OC4CC(OC)C(OC5CC(OC)C(OC6CC(OC)C(OC7CC(OC)C(O)C(C)O7)C(C)O6)C(C)O5)C(C)O4)CC3=CCC2C2(O)CCC(C(C)=O)C12. The van der Waals surface area contributed by atoms with Gasteiger partial charge in [0.25, 0.3) is 0 Å². The third kappa shape index (κ3) is 11.1. The molecule has 392 valence electrons. The Kier molecular flexibility index (Phi) is 17.5. The Bertz CT molecular complexity index is 1810. The van der Waals surface area contributed by atoms with E-state index in [9.17, 15) is 19.8 Å². The number of carbonyl (C=O) groups excluding carboxylic acids is 2. The topological polar surface area (TPSA) is 195 Å². The Labute approximate surface area is 408 Å². The first-order valence-corrected chi connectivity index (χ1v) is 25.8. The monoisotopic (exact) mass is 979 g/mol. The van der Waals surface area contributed by atoms with Crippen molar-refractivity contribution in [3.8, 4) is 0 Å². The first kappa shape index (κ1) is 53.4. The molecule has 2 N–H and O–H groups in total. The van der Waals surface area contributed by atoms with Gasteiger partial charge in [-0.25, -0.2) is 4.79 Å². The van der Waals surface area contributed by atoms with Gasteiger partial charge in [-0.05, 0) is 111 Å². The third-order valence-electron chi connectivity index (χ3n) is 17.4. The van der Waals surface area contributed by atoms with Crippen LogP contribution in [-0.4, -0.2) is 167 Å². The van der Waals surface area contributed by atoms with Gasteiger partial charge in [-0.1, -0.05) is 17.7 Å². The van der Waals surface area contributed by atoms with Crippen LogP contribution in [0.3, 0.4) is 0 Å². The summed E-state index contributed by atoms with van der Waals surface area (Å²) in [4.78, 5) is 26.0. The van der Waals surface area contributed by atoms with Gasteiger partial charge in [0, 0.05) is 71.5 Å². The van der Waals surface area contributed by atoms with Crippen molar-refractivity contribution in [1.29, 1.82) is 0 Å². The van der Waals surface area contributed by atoms with E-state index in [4.69, 9.17) is 61.6 Å². The lowest BCUT2D eigenvalue weighted by Crippen LogP contribution is -2.59. The summed E-state index contributed by atoms with van der Waals surface area (Å²) in [7, 11) is 6.56. The molecule has 4 aliphatic carbocycles. The van der Waals surface area contributed by atoms with Crippen LogP contribution < -0.4 is 0 Å². The second kappa shape index (κ2) is 22.7. The van der Waals surface area contributed by atoms with Crippen LogP contribution in [-0.2, 0) is 71.2 Å². The van der Waals surface area contributed by atoms with E-state index in [0.29, 0.717) is 50.5 Å². The molecule has 0 spiro atoms. The second-order valence-electron chi connectivity index (χ2n) is 21.3. The van der Waals surface area contributed by atoms with Crippen molar-refractivity contribution in [3.63, 3.8) is 0 Å². The van der Waals surface area contributed by atoms with Crippen molar-refractivity contribution >= 4 is 11.8 Å². The molecule has 0 aromatic carbocycles. The fourth-order valence-electron chi connectivity index (χ4n) is 13.6. The van der Waals surface area contributed by atoms with Crippen molar-refractivity contribution in [1.82, 2.24) is 0 Å². The maximum Gasteiger partial charge on any atom is 0.333 e. The summed E-state index contributed by atoms with van der Waals surface area (Å²) in [5, 5.41) is 22.9. The summed E-state index contributed by atoms with van der Waals surface area (Å²) in [5.41, 5.74) is 0.801. The molecule has 0 aromatic heterocycles. The molecule has 8 rings (SSSR count).